The molecule has 4 heteroatoms. The topological polar surface area (TPSA) is 53.6 Å². The standard InChI is InChI=1S/C42H27BO3/c1-3-29-30(4-2)41(33-14-9-15-37-42(33)34-20-26-10-5-6-11-27(26)21-38(34)46-37)32-13-8-7-12-31(32)39(29)24-16-18-25(19-17-24)40-35(44)22-28(43)23-36(40)45/h3-23,44-45H,1-2H2. The zero-order valence-corrected chi connectivity index (χ0v) is 24.9. The lowest BCUT2D eigenvalue weighted by Gasteiger charge is -2.21. The number of furan rings is 1. The quantitative estimate of drug-likeness (QED) is 0.196. The molecule has 0 unspecified atom stereocenters. The Hall–Kier alpha value is -6.00. The molecule has 0 aliphatic rings. The molecular formula is C42H27BO3. The molecule has 0 fully saturated rings. The van der Waals surface area contributed by atoms with Gasteiger partial charge in [-0.25, -0.2) is 0 Å². The molecule has 0 bridgehead atoms. The second kappa shape index (κ2) is 10.6. The van der Waals surface area contributed by atoms with Crippen LogP contribution in [-0.2, 0) is 0 Å². The van der Waals surface area contributed by atoms with E-state index in [0.717, 1.165) is 76.9 Å². The number of fused-ring (bicyclic) bond motifs is 5. The molecule has 216 valence electrons. The van der Waals surface area contributed by atoms with Crippen molar-refractivity contribution >= 4 is 68.9 Å². The van der Waals surface area contributed by atoms with E-state index >= 15 is 0 Å². The van der Waals surface area contributed by atoms with Crippen LogP contribution in [0.15, 0.2) is 133 Å². The zero-order valence-electron chi connectivity index (χ0n) is 24.9. The van der Waals surface area contributed by atoms with Crippen molar-refractivity contribution in [2.45, 2.75) is 0 Å². The van der Waals surface area contributed by atoms with Gasteiger partial charge < -0.3 is 14.6 Å². The summed E-state index contributed by atoms with van der Waals surface area (Å²) >= 11 is 0. The average molecular weight is 590 g/mol. The first kappa shape index (κ1) is 27.5. The summed E-state index contributed by atoms with van der Waals surface area (Å²) in [6.07, 6.45) is 3.81. The molecule has 0 saturated heterocycles. The summed E-state index contributed by atoms with van der Waals surface area (Å²) in [6, 6.07) is 38.0. The molecule has 3 nitrogen and oxygen atoms in total. The van der Waals surface area contributed by atoms with Crippen molar-refractivity contribution in [2.75, 3.05) is 0 Å². The lowest BCUT2D eigenvalue weighted by Crippen LogP contribution is -2.01. The molecule has 0 aliphatic carbocycles. The van der Waals surface area contributed by atoms with Crippen LogP contribution in [0.2, 0.25) is 0 Å². The number of hydrogen-bond donors (Lipinski definition) is 2. The Bertz CT molecular complexity index is 2510. The first-order valence-corrected chi connectivity index (χ1v) is 15.1. The normalized spacial score (nSPS) is 11.5. The Labute approximate surface area is 267 Å². The van der Waals surface area contributed by atoms with Gasteiger partial charge in [-0.15, -0.1) is 0 Å². The van der Waals surface area contributed by atoms with Gasteiger partial charge in [0, 0.05) is 10.8 Å². The van der Waals surface area contributed by atoms with Crippen LogP contribution >= 0.6 is 0 Å². The summed E-state index contributed by atoms with van der Waals surface area (Å²) < 4.78 is 6.44. The van der Waals surface area contributed by atoms with Gasteiger partial charge in [-0.1, -0.05) is 116 Å². The second-order valence-electron chi connectivity index (χ2n) is 11.5. The maximum absolute atomic E-state index is 10.5. The van der Waals surface area contributed by atoms with Crippen LogP contribution in [0, 0.1) is 0 Å². The minimum absolute atomic E-state index is 0.0743. The van der Waals surface area contributed by atoms with Crippen molar-refractivity contribution < 1.29 is 14.6 Å². The first-order chi connectivity index (χ1) is 22.5. The molecule has 1 heterocycles. The fourth-order valence-electron chi connectivity index (χ4n) is 6.96. The number of benzene rings is 7. The van der Waals surface area contributed by atoms with Crippen molar-refractivity contribution in [2.24, 2.45) is 0 Å². The van der Waals surface area contributed by atoms with Crippen molar-refractivity contribution in [1.29, 1.82) is 0 Å². The van der Waals surface area contributed by atoms with Crippen LogP contribution in [0.25, 0.3) is 89.0 Å². The number of rotatable bonds is 5. The van der Waals surface area contributed by atoms with Crippen molar-refractivity contribution in [1.82, 2.24) is 0 Å². The van der Waals surface area contributed by atoms with Crippen LogP contribution in [0.1, 0.15) is 11.1 Å². The fraction of sp³-hybridized carbons (Fsp3) is 0. The zero-order chi connectivity index (χ0) is 31.5. The predicted molar refractivity (Wildman–Crippen MR) is 194 cm³/mol. The Morgan fingerprint density at radius 2 is 1.11 bits per heavy atom. The highest BCUT2D eigenvalue weighted by Gasteiger charge is 2.22. The molecule has 7 aromatic carbocycles. The van der Waals surface area contributed by atoms with Crippen LogP contribution in [0.4, 0.5) is 0 Å². The number of aromatic hydroxyl groups is 2. The lowest BCUT2D eigenvalue weighted by atomic mass is 9.82. The minimum Gasteiger partial charge on any atom is -0.507 e. The number of phenolic OH excluding ortho intramolecular Hbond substituents is 2. The van der Waals surface area contributed by atoms with Gasteiger partial charge in [0.15, 0.2) is 0 Å². The highest BCUT2D eigenvalue weighted by molar-refractivity contribution is 6.32. The van der Waals surface area contributed by atoms with Crippen molar-refractivity contribution in [3.05, 3.63) is 140 Å². The van der Waals surface area contributed by atoms with E-state index in [1.807, 2.05) is 54.6 Å². The van der Waals surface area contributed by atoms with Gasteiger partial charge in [-0.3, -0.25) is 0 Å². The number of hydrogen-bond acceptors (Lipinski definition) is 3. The summed E-state index contributed by atoms with van der Waals surface area (Å²) in [4.78, 5) is 0. The third-order valence-electron chi connectivity index (χ3n) is 8.92. The van der Waals surface area contributed by atoms with Gasteiger partial charge in [-0.05, 0) is 90.8 Å². The Morgan fingerprint density at radius 1 is 0.543 bits per heavy atom. The monoisotopic (exact) mass is 590 g/mol. The fourth-order valence-corrected chi connectivity index (χ4v) is 6.96. The minimum atomic E-state index is -0.0743. The molecule has 8 aromatic rings. The van der Waals surface area contributed by atoms with E-state index in [-0.39, 0.29) is 11.5 Å². The Morgan fingerprint density at radius 3 is 1.76 bits per heavy atom. The highest BCUT2D eigenvalue weighted by atomic mass is 16.3. The molecule has 2 radical (unpaired) electrons. The van der Waals surface area contributed by atoms with Gasteiger partial charge >= 0.3 is 0 Å². The molecule has 46 heavy (non-hydrogen) atoms. The van der Waals surface area contributed by atoms with Crippen LogP contribution in [0.3, 0.4) is 0 Å². The maximum atomic E-state index is 10.5. The number of phenols is 2. The molecule has 0 amide bonds. The second-order valence-corrected chi connectivity index (χ2v) is 11.5. The van der Waals surface area contributed by atoms with Gasteiger partial charge in [-0.2, -0.15) is 0 Å². The molecule has 2 N–H and O–H groups in total. The summed E-state index contributed by atoms with van der Waals surface area (Å²) in [5.41, 5.74) is 9.06. The van der Waals surface area contributed by atoms with Crippen LogP contribution in [0.5, 0.6) is 11.5 Å². The Balaban J connectivity index is 1.40. The van der Waals surface area contributed by atoms with Gasteiger partial charge in [0.1, 0.15) is 30.5 Å². The van der Waals surface area contributed by atoms with Gasteiger partial charge in [0.25, 0.3) is 0 Å². The third-order valence-corrected chi connectivity index (χ3v) is 8.92. The van der Waals surface area contributed by atoms with E-state index in [1.54, 1.807) is 0 Å². The van der Waals surface area contributed by atoms with Gasteiger partial charge in [0.2, 0.25) is 0 Å². The van der Waals surface area contributed by atoms with Crippen LogP contribution in [-0.4, -0.2) is 18.1 Å². The SMILES string of the molecule is [B]c1cc(O)c(-c2ccc(-c3c(C=C)c(C=C)c(-c4cccc5oc6cc7ccccc7cc6c45)c4ccccc34)cc2)c(O)c1. The summed E-state index contributed by atoms with van der Waals surface area (Å²) in [5, 5.41) is 27.7. The molecule has 8 rings (SSSR count). The first-order valence-electron chi connectivity index (χ1n) is 15.1. The maximum Gasteiger partial charge on any atom is 0.136 e. The van der Waals surface area contributed by atoms with E-state index in [0.29, 0.717) is 16.6 Å². The van der Waals surface area contributed by atoms with E-state index in [2.05, 4.69) is 73.8 Å². The largest absolute Gasteiger partial charge is 0.507 e. The summed E-state index contributed by atoms with van der Waals surface area (Å²) in [5.74, 6) is -0.149. The van der Waals surface area contributed by atoms with E-state index < -0.39 is 0 Å². The summed E-state index contributed by atoms with van der Waals surface area (Å²) in [7, 11) is 5.80. The molecule has 0 atom stereocenters. The molecular weight excluding hydrogens is 563 g/mol. The lowest BCUT2D eigenvalue weighted by molar-refractivity contribution is 0.455. The van der Waals surface area contributed by atoms with Crippen molar-refractivity contribution in [3.8, 4) is 44.9 Å². The molecule has 0 aliphatic heterocycles. The van der Waals surface area contributed by atoms with E-state index in [9.17, 15) is 10.2 Å². The smallest absolute Gasteiger partial charge is 0.136 e. The van der Waals surface area contributed by atoms with Crippen LogP contribution < -0.4 is 5.46 Å². The summed E-state index contributed by atoms with van der Waals surface area (Å²) in [6.45, 7) is 8.54. The molecule has 0 saturated carbocycles. The van der Waals surface area contributed by atoms with E-state index in [4.69, 9.17) is 12.3 Å². The Kier molecular flexibility index (Phi) is 6.33. The molecule has 0 spiro atoms. The van der Waals surface area contributed by atoms with Gasteiger partial charge in [0.05, 0.1) is 5.56 Å². The van der Waals surface area contributed by atoms with E-state index in [1.165, 1.54) is 12.1 Å². The molecule has 1 aromatic heterocycles. The highest BCUT2D eigenvalue weighted by Crippen LogP contribution is 2.47. The van der Waals surface area contributed by atoms with Crippen molar-refractivity contribution in [3.63, 3.8) is 0 Å². The third kappa shape index (κ3) is 4.15. The average Bonchev–Trinajstić information content (AvgIpc) is 3.43. The predicted octanol–water partition coefficient (Wildman–Crippen LogP) is 10.4.